The first kappa shape index (κ1) is 12.0. The standard InChI is InChI=1S/C11H14ClNO2/c1-3-11(13,10(14)15-2)8-4-6-9(12)7-5-8/h4-7H,3,13H2,1-2H3/t11-/m1/s1. The van der Waals surface area contributed by atoms with Gasteiger partial charge >= 0.3 is 5.97 Å². The van der Waals surface area contributed by atoms with Gasteiger partial charge in [-0.25, -0.2) is 4.79 Å². The molecule has 0 aliphatic heterocycles. The largest absolute Gasteiger partial charge is 0.467 e. The van der Waals surface area contributed by atoms with Crippen molar-refractivity contribution in [1.29, 1.82) is 0 Å². The van der Waals surface area contributed by atoms with E-state index in [0.29, 0.717) is 17.0 Å². The summed E-state index contributed by atoms with van der Waals surface area (Å²) in [6.45, 7) is 1.84. The lowest BCUT2D eigenvalue weighted by atomic mass is 9.88. The number of benzene rings is 1. The zero-order valence-electron chi connectivity index (χ0n) is 8.79. The first-order chi connectivity index (χ1) is 7.04. The summed E-state index contributed by atoms with van der Waals surface area (Å²) < 4.78 is 4.69. The number of ether oxygens (including phenoxy) is 1. The van der Waals surface area contributed by atoms with E-state index in [-0.39, 0.29) is 0 Å². The number of rotatable bonds is 3. The van der Waals surface area contributed by atoms with Gasteiger partial charge in [0.15, 0.2) is 0 Å². The Bertz CT molecular complexity index is 350. The van der Waals surface area contributed by atoms with E-state index in [1.807, 2.05) is 6.92 Å². The van der Waals surface area contributed by atoms with E-state index >= 15 is 0 Å². The van der Waals surface area contributed by atoms with Gasteiger partial charge in [0, 0.05) is 5.02 Å². The fourth-order valence-corrected chi connectivity index (χ4v) is 1.52. The second-order valence-corrected chi connectivity index (χ2v) is 3.76. The van der Waals surface area contributed by atoms with E-state index in [1.165, 1.54) is 7.11 Å². The van der Waals surface area contributed by atoms with Gasteiger partial charge in [0.1, 0.15) is 5.54 Å². The van der Waals surface area contributed by atoms with Crippen molar-refractivity contribution in [2.75, 3.05) is 7.11 Å². The predicted molar refractivity (Wildman–Crippen MR) is 59.6 cm³/mol. The average Bonchev–Trinajstić information content (AvgIpc) is 2.27. The summed E-state index contributed by atoms with van der Waals surface area (Å²) in [7, 11) is 1.33. The van der Waals surface area contributed by atoms with Gasteiger partial charge in [0.05, 0.1) is 7.11 Å². The van der Waals surface area contributed by atoms with Crippen LogP contribution >= 0.6 is 11.6 Å². The molecule has 1 atom stereocenters. The maximum Gasteiger partial charge on any atom is 0.330 e. The summed E-state index contributed by atoms with van der Waals surface area (Å²) in [6.07, 6.45) is 0.474. The van der Waals surface area contributed by atoms with E-state index in [1.54, 1.807) is 24.3 Å². The highest BCUT2D eigenvalue weighted by Crippen LogP contribution is 2.24. The van der Waals surface area contributed by atoms with Crippen LogP contribution in [0.3, 0.4) is 0 Å². The number of carbonyl (C=O) groups excluding carboxylic acids is 1. The quantitative estimate of drug-likeness (QED) is 0.805. The Balaban J connectivity index is 3.11. The lowest BCUT2D eigenvalue weighted by Gasteiger charge is -2.25. The molecule has 82 valence electrons. The van der Waals surface area contributed by atoms with Crippen LogP contribution in [0.15, 0.2) is 24.3 Å². The van der Waals surface area contributed by atoms with Crippen molar-refractivity contribution in [2.45, 2.75) is 18.9 Å². The molecule has 0 fully saturated rings. The number of hydrogen-bond donors (Lipinski definition) is 1. The number of hydrogen-bond acceptors (Lipinski definition) is 3. The Labute approximate surface area is 94.2 Å². The minimum atomic E-state index is -1.08. The number of esters is 1. The third-order valence-corrected chi connectivity index (χ3v) is 2.72. The van der Waals surface area contributed by atoms with Gasteiger partial charge < -0.3 is 10.5 Å². The molecular weight excluding hydrogens is 214 g/mol. The van der Waals surface area contributed by atoms with Crippen molar-refractivity contribution in [3.8, 4) is 0 Å². The van der Waals surface area contributed by atoms with Crippen LogP contribution in [-0.4, -0.2) is 13.1 Å². The molecule has 0 saturated heterocycles. The highest BCUT2D eigenvalue weighted by Gasteiger charge is 2.35. The van der Waals surface area contributed by atoms with Gasteiger partial charge in [-0.15, -0.1) is 0 Å². The molecule has 0 spiro atoms. The SMILES string of the molecule is CC[C@](N)(C(=O)OC)c1ccc(Cl)cc1. The van der Waals surface area contributed by atoms with Crippen LogP contribution in [0, 0.1) is 0 Å². The Morgan fingerprint density at radius 2 is 2.00 bits per heavy atom. The Morgan fingerprint density at radius 1 is 1.47 bits per heavy atom. The van der Waals surface area contributed by atoms with Crippen LogP contribution in [-0.2, 0) is 15.1 Å². The van der Waals surface area contributed by atoms with Crippen molar-refractivity contribution in [3.05, 3.63) is 34.9 Å². The summed E-state index contributed by atoms with van der Waals surface area (Å²) in [5.41, 5.74) is 5.63. The van der Waals surface area contributed by atoms with Crippen LogP contribution in [0.5, 0.6) is 0 Å². The molecule has 3 nitrogen and oxygen atoms in total. The molecule has 4 heteroatoms. The van der Waals surface area contributed by atoms with E-state index in [9.17, 15) is 4.79 Å². The molecule has 0 aromatic heterocycles. The van der Waals surface area contributed by atoms with Crippen molar-refractivity contribution in [2.24, 2.45) is 5.73 Å². The van der Waals surface area contributed by atoms with E-state index in [4.69, 9.17) is 22.1 Å². The second-order valence-electron chi connectivity index (χ2n) is 3.32. The van der Waals surface area contributed by atoms with Gasteiger partial charge in [0.2, 0.25) is 0 Å². The molecule has 1 aromatic carbocycles. The van der Waals surface area contributed by atoms with Gasteiger partial charge in [-0.3, -0.25) is 0 Å². The van der Waals surface area contributed by atoms with Crippen LogP contribution in [0.1, 0.15) is 18.9 Å². The lowest BCUT2D eigenvalue weighted by molar-refractivity contribution is -0.147. The Morgan fingerprint density at radius 3 is 2.40 bits per heavy atom. The summed E-state index contributed by atoms with van der Waals surface area (Å²) in [6, 6.07) is 6.89. The van der Waals surface area contributed by atoms with E-state index in [0.717, 1.165) is 0 Å². The molecule has 0 unspecified atom stereocenters. The van der Waals surface area contributed by atoms with Gasteiger partial charge in [-0.05, 0) is 24.1 Å². The molecule has 0 heterocycles. The normalized spacial score (nSPS) is 14.4. The first-order valence-corrected chi connectivity index (χ1v) is 5.05. The molecule has 0 radical (unpaired) electrons. The summed E-state index contributed by atoms with van der Waals surface area (Å²) in [5.74, 6) is -0.438. The Kier molecular flexibility index (Phi) is 3.72. The number of nitrogens with two attached hydrogens (primary N) is 1. The fraction of sp³-hybridized carbons (Fsp3) is 0.364. The smallest absolute Gasteiger partial charge is 0.330 e. The molecular formula is C11H14ClNO2. The molecule has 2 N–H and O–H groups in total. The highest BCUT2D eigenvalue weighted by atomic mass is 35.5. The zero-order chi connectivity index (χ0) is 11.5. The van der Waals surface area contributed by atoms with Crippen LogP contribution in [0.25, 0.3) is 0 Å². The Hall–Kier alpha value is -1.06. The van der Waals surface area contributed by atoms with Crippen LogP contribution < -0.4 is 5.73 Å². The van der Waals surface area contributed by atoms with E-state index < -0.39 is 11.5 Å². The van der Waals surface area contributed by atoms with Crippen molar-refractivity contribution in [3.63, 3.8) is 0 Å². The number of carbonyl (C=O) groups is 1. The molecule has 0 aliphatic carbocycles. The number of methoxy groups -OCH3 is 1. The van der Waals surface area contributed by atoms with Crippen LogP contribution in [0.4, 0.5) is 0 Å². The lowest BCUT2D eigenvalue weighted by Crippen LogP contribution is -2.45. The predicted octanol–water partition coefficient (Wildman–Crippen LogP) is 2.08. The zero-order valence-corrected chi connectivity index (χ0v) is 9.54. The number of halogens is 1. The van der Waals surface area contributed by atoms with Crippen LogP contribution in [0.2, 0.25) is 5.02 Å². The first-order valence-electron chi connectivity index (χ1n) is 4.68. The summed E-state index contributed by atoms with van der Waals surface area (Å²) in [4.78, 5) is 11.6. The summed E-state index contributed by atoms with van der Waals surface area (Å²) in [5, 5.41) is 0.613. The maximum atomic E-state index is 11.6. The van der Waals surface area contributed by atoms with Gasteiger partial charge in [0.25, 0.3) is 0 Å². The molecule has 0 amide bonds. The van der Waals surface area contributed by atoms with Crippen molar-refractivity contribution >= 4 is 17.6 Å². The highest BCUT2D eigenvalue weighted by molar-refractivity contribution is 6.30. The fourth-order valence-electron chi connectivity index (χ4n) is 1.40. The molecule has 0 aliphatic rings. The third-order valence-electron chi connectivity index (χ3n) is 2.47. The van der Waals surface area contributed by atoms with Gasteiger partial charge in [-0.1, -0.05) is 30.7 Å². The van der Waals surface area contributed by atoms with Crippen molar-refractivity contribution < 1.29 is 9.53 Å². The van der Waals surface area contributed by atoms with Crippen molar-refractivity contribution in [1.82, 2.24) is 0 Å². The minimum absolute atomic E-state index is 0.438. The molecule has 1 rings (SSSR count). The third kappa shape index (κ3) is 2.30. The monoisotopic (exact) mass is 227 g/mol. The molecule has 0 bridgehead atoms. The molecule has 0 saturated carbocycles. The maximum absolute atomic E-state index is 11.6. The topological polar surface area (TPSA) is 52.3 Å². The average molecular weight is 228 g/mol. The van der Waals surface area contributed by atoms with E-state index in [2.05, 4.69) is 0 Å². The second kappa shape index (κ2) is 4.64. The van der Waals surface area contributed by atoms with Gasteiger partial charge in [-0.2, -0.15) is 0 Å². The molecule has 15 heavy (non-hydrogen) atoms. The molecule has 1 aromatic rings. The minimum Gasteiger partial charge on any atom is -0.467 e. The summed E-state index contributed by atoms with van der Waals surface area (Å²) >= 11 is 5.76.